The largest absolute Gasteiger partial charge is 0.500 e. The highest BCUT2D eigenvalue weighted by atomic mass is 28.4. The molecule has 12 heavy (non-hydrogen) atoms. The van der Waals surface area contributed by atoms with E-state index >= 15 is 0 Å². The predicted octanol–water partition coefficient (Wildman–Crippen LogP) is 1.63. The zero-order chi connectivity index (χ0) is 9.45. The molecule has 0 aliphatic carbocycles. The molecule has 0 heterocycles. The van der Waals surface area contributed by atoms with Gasteiger partial charge >= 0.3 is 8.80 Å². The Morgan fingerprint density at radius 1 is 1.17 bits per heavy atom. The molecule has 3 nitrogen and oxygen atoms in total. The van der Waals surface area contributed by atoms with Crippen LogP contribution in [-0.4, -0.2) is 30.1 Å². The van der Waals surface area contributed by atoms with Gasteiger partial charge in [-0.2, -0.15) is 0 Å². The molecule has 0 atom stereocenters. The van der Waals surface area contributed by atoms with E-state index in [1.54, 1.807) is 27.4 Å². The Morgan fingerprint density at radius 2 is 1.67 bits per heavy atom. The maximum absolute atomic E-state index is 5.25. The molecule has 0 amide bonds. The Hall–Kier alpha value is -0.163. The SMILES string of the molecule is [CH]=CCCC[Si](OC)(OC)OC. The van der Waals surface area contributed by atoms with Gasteiger partial charge in [0.05, 0.1) is 0 Å². The second-order valence-corrected chi connectivity index (χ2v) is 5.51. The molecule has 0 saturated carbocycles. The summed E-state index contributed by atoms with van der Waals surface area (Å²) in [5, 5.41) is 0. The third kappa shape index (κ3) is 3.49. The monoisotopic (exact) mass is 189 g/mol. The van der Waals surface area contributed by atoms with Crippen molar-refractivity contribution in [1.82, 2.24) is 0 Å². The van der Waals surface area contributed by atoms with E-state index in [4.69, 9.17) is 19.9 Å². The summed E-state index contributed by atoms with van der Waals surface area (Å²) in [5.41, 5.74) is 0. The van der Waals surface area contributed by atoms with Crippen LogP contribution >= 0.6 is 0 Å². The minimum absolute atomic E-state index is 0.810. The smallest absolute Gasteiger partial charge is 0.377 e. The number of hydrogen-bond donors (Lipinski definition) is 0. The quantitative estimate of drug-likeness (QED) is 0.450. The van der Waals surface area contributed by atoms with Gasteiger partial charge in [-0.15, -0.1) is 0 Å². The van der Waals surface area contributed by atoms with Gasteiger partial charge in [-0.25, -0.2) is 0 Å². The molecule has 0 aliphatic rings. The van der Waals surface area contributed by atoms with Gasteiger partial charge in [0, 0.05) is 27.4 Å². The van der Waals surface area contributed by atoms with Crippen LogP contribution < -0.4 is 0 Å². The molecular weight excluding hydrogens is 172 g/mol. The van der Waals surface area contributed by atoms with E-state index in [9.17, 15) is 0 Å². The third-order valence-corrected chi connectivity index (χ3v) is 4.62. The van der Waals surface area contributed by atoms with Crippen molar-refractivity contribution >= 4 is 8.80 Å². The zero-order valence-electron chi connectivity index (χ0n) is 8.00. The summed E-state index contributed by atoms with van der Waals surface area (Å²) in [7, 11) is 2.52. The Kier molecular flexibility index (Phi) is 6.28. The van der Waals surface area contributed by atoms with Gasteiger partial charge < -0.3 is 13.3 Å². The lowest BCUT2D eigenvalue weighted by molar-refractivity contribution is 0.123. The molecule has 0 saturated heterocycles. The summed E-state index contributed by atoms with van der Waals surface area (Å²) in [6.07, 6.45) is 3.45. The van der Waals surface area contributed by atoms with Crippen molar-refractivity contribution < 1.29 is 13.3 Å². The number of rotatable bonds is 7. The highest BCUT2D eigenvalue weighted by Gasteiger charge is 2.36. The lowest BCUT2D eigenvalue weighted by Crippen LogP contribution is -2.42. The number of allylic oxidation sites excluding steroid dienone is 1. The Morgan fingerprint density at radius 3 is 2.00 bits per heavy atom. The van der Waals surface area contributed by atoms with Gasteiger partial charge in [-0.3, -0.25) is 0 Å². The van der Waals surface area contributed by atoms with E-state index in [2.05, 4.69) is 0 Å². The fraction of sp³-hybridized carbons (Fsp3) is 0.750. The van der Waals surface area contributed by atoms with E-state index in [0.717, 1.165) is 18.9 Å². The molecule has 0 aromatic carbocycles. The van der Waals surface area contributed by atoms with Crippen LogP contribution in [0.15, 0.2) is 6.08 Å². The summed E-state index contributed by atoms with van der Waals surface area (Å²) in [5.74, 6) is 0. The highest BCUT2D eigenvalue weighted by Crippen LogP contribution is 2.15. The summed E-state index contributed by atoms with van der Waals surface area (Å²) < 4.78 is 15.7. The zero-order valence-corrected chi connectivity index (χ0v) is 9.00. The molecule has 0 bridgehead atoms. The Bertz CT molecular complexity index is 115. The van der Waals surface area contributed by atoms with Crippen molar-refractivity contribution in [3.8, 4) is 0 Å². The van der Waals surface area contributed by atoms with E-state index in [0.29, 0.717) is 0 Å². The van der Waals surface area contributed by atoms with Gasteiger partial charge in [0.2, 0.25) is 0 Å². The minimum atomic E-state index is -2.33. The highest BCUT2D eigenvalue weighted by molar-refractivity contribution is 6.60. The molecule has 0 spiro atoms. The molecule has 0 aliphatic heterocycles. The standard InChI is InChI=1S/C8H17O3Si/c1-5-6-7-8-12(9-2,10-3)11-4/h1,5H,6-8H2,2-4H3. The average molecular weight is 189 g/mol. The topological polar surface area (TPSA) is 27.7 Å². The summed E-state index contributed by atoms with van der Waals surface area (Å²) in [6.45, 7) is 5.25. The first kappa shape index (κ1) is 11.8. The minimum Gasteiger partial charge on any atom is -0.377 e. The van der Waals surface area contributed by atoms with E-state index in [-0.39, 0.29) is 0 Å². The normalized spacial score (nSPS) is 11.6. The fourth-order valence-corrected chi connectivity index (χ4v) is 2.74. The van der Waals surface area contributed by atoms with E-state index < -0.39 is 8.80 Å². The van der Waals surface area contributed by atoms with E-state index in [1.165, 1.54) is 0 Å². The second kappa shape index (κ2) is 6.36. The fourth-order valence-electron chi connectivity index (χ4n) is 0.993. The van der Waals surface area contributed by atoms with Crippen molar-refractivity contribution in [3.63, 3.8) is 0 Å². The summed E-state index contributed by atoms with van der Waals surface area (Å²) in [4.78, 5) is 0. The Labute approximate surface area is 75.7 Å². The summed E-state index contributed by atoms with van der Waals surface area (Å²) in [6, 6.07) is 0.810. The first-order chi connectivity index (χ1) is 5.74. The third-order valence-electron chi connectivity index (χ3n) is 1.79. The second-order valence-electron chi connectivity index (χ2n) is 2.42. The van der Waals surface area contributed by atoms with Crippen molar-refractivity contribution in [2.24, 2.45) is 0 Å². The maximum Gasteiger partial charge on any atom is 0.500 e. The van der Waals surface area contributed by atoms with Crippen molar-refractivity contribution in [2.75, 3.05) is 21.3 Å². The first-order valence-corrected chi connectivity index (χ1v) is 5.86. The van der Waals surface area contributed by atoms with Crippen LogP contribution in [-0.2, 0) is 13.3 Å². The van der Waals surface area contributed by atoms with Crippen LogP contribution in [0.2, 0.25) is 6.04 Å². The average Bonchev–Trinajstić information content (AvgIpc) is 2.14. The van der Waals surface area contributed by atoms with Crippen LogP contribution in [0.5, 0.6) is 0 Å². The lowest BCUT2D eigenvalue weighted by Gasteiger charge is -2.23. The maximum atomic E-state index is 5.25. The van der Waals surface area contributed by atoms with Crippen LogP contribution in [0.25, 0.3) is 0 Å². The number of hydrogen-bond acceptors (Lipinski definition) is 3. The van der Waals surface area contributed by atoms with Gasteiger partial charge in [0.1, 0.15) is 0 Å². The van der Waals surface area contributed by atoms with Crippen LogP contribution in [0, 0.1) is 6.58 Å². The van der Waals surface area contributed by atoms with Crippen LogP contribution in [0.3, 0.4) is 0 Å². The van der Waals surface area contributed by atoms with Crippen molar-refractivity contribution in [1.29, 1.82) is 0 Å². The molecule has 0 unspecified atom stereocenters. The molecule has 0 aromatic heterocycles. The molecule has 1 radical (unpaired) electrons. The molecule has 0 fully saturated rings. The van der Waals surface area contributed by atoms with Crippen LogP contribution in [0.4, 0.5) is 0 Å². The van der Waals surface area contributed by atoms with Gasteiger partial charge in [0.15, 0.2) is 0 Å². The van der Waals surface area contributed by atoms with Gasteiger partial charge in [-0.05, 0) is 12.8 Å². The molecular formula is C8H17O3Si. The van der Waals surface area contributed by atoms with Crippen molar-refractivity contribution in [2.45, 2.75) is 18.9 Å². The molecule has 0 N–H and O–H groups in total. The molecule has 71 valence electrons. The molecule has 0 aromatic rings. The number of unbranched alkanes of at least 4 members (excludes halogenated alkanes) is 1. The van der Waals surface area contributed by atoms with Gasteiger partial charge in [0.25, 0.3) is 0 Å². The lowest BCUT2D eigenvalue weighted by atomic mass is 10.3. The molecule has 0 rings (SSSR count). The first-order valence-electron chi connectivity index (χ1n) is 3.93. The van der Waals surface area contributed by atoms with Gasteiger partial charge in [-0.1, -0.05) is 12.7 Å². The van der Waals surface area contributed by atoms with Crippen molar-refractivity contribution in [3.05, 3.63) is 12.7 Å². The van der Waals surface area contributed by atoms with Crippen LogP contribution in [0.1, 0.15) is 12.8 Å². The summed E-state index contributed by atoms with van der Waals surface area (Å²) >= 11 is 0. The predicted molar refractivity (Wildman–Crippen MR) is 49.7 cm³/mol. The molecule has 4 heteroatoms. The Balaban J connectivity index is 3.84. The van der Waals surface area contributed by atoms with E-state index in [1.807, 2.05) is 0 Å².